The molecule has 1 N–H and O–H groups in total. The average Bonchev–Trinajstić information content (AvgIpc) is 3.50. The van der Waals surface area contributed by atoms with Crippen molar-refractivity contribution in [3.8, 4) is 0 Å². The van der Waals surface area contributed by atoms with Gasteiger partial charge in [-0.1, -0.05) is 31.9 Å². The van der Waals surface area contributed by atoms with E-state index in [9.17, 15) is 4.79 Å². The normalized spacial score (nSPS) is 13.1. The lowest BCUT2D eigenvalue weighted by Gasteiger charge is -2.33. The zero-order chi connectivity index (χ0) is 24.3. The summed E-state index contributed by atoms with van der Waals surface area (Å²) in [5, 5.41) is 13.9. The quantitative estimate of drug-likeness (QED) is 0.352. The molecular weight excluding hydrogens is 428 g/mol. The molecule has 0 unspecified atom stereocenters. The number of aromatic nitrogens is 5. The Balaban J connectivity index is 1.78. The number of pyridine rings is 1. The summed E-state index contributed by atoms with van der Waals surface area (Å²) < 4.78 is 7.64. The molecule has 0 aliphatic rings. The van der Waals surface area contributed by atoms with E-state index >= 15 is 0 Å². The molecule has 1 aromatic carbocycles. The summed E-state index contributed by atoms with van der Waals surface area (Å²) in [7, 11) is 0. The van der Waals surface area contributed by atoms with Crippen LogP contribution < -0.4 is 5.56 Å². The van der Waals surface area contributed by atoms with Gasteiger partial charge in [0.15, 0.2) is 5.82 Å². The summed E-state index contributed by atoms with van der Waals surface area (Å²) in [5.41, 5.74) is 2.40. The van der Waals surface area contributed by atoms with Crippen LogP contribution in [0.4, 0.5) is 0 Å². The Labute approximate surface area is 200 Å². The molecule has 180 valence electrons. The molecule has 3 heterocycles. The average molecular weight is 463 g/mol. The van der Waals surface area contributed by atoms with Gasteiger partial charge in [-0.15, -0.1) is 5.10 Å². The number of fused-ring (bicyclic) bond motifs is 1. The van der Waals surface area contributed by atoms with Gasteiger partial charge in [-0.25, -0.2) is 4.68 Å². The van der Waals surface area contributed by atoms with Gasteiger partial charge in [-0.3, -0.25) is 9.69 Å². The van der Waals surface area contributed by atoms with E-state index < -0.39 is 0 Å². The van der Waals surface area contributed by atoms with Crippen molar-refractivity contribution in [3.05, 3.63) is 75.7 Å². The van der Waals surface area contributed by atoms with Gasteiger partial charge in [-0.2, -0.15) is 0 Å². The summed E-state index contributed by atoms with van der Waals surface area (Å²) in [6, 6.07) is 11.8. The van der Waals surface area contributed by atoms with Gasteiger partial charge in [0, 0.05) is 17.6 Å². The second-order valence-corrected chi connectivity index (χ2v) is 9.62. The molecule has 0 amide bonds. The summed E-state index contributed by atoms with van der Waals surface area (Å²) in [6.45, 7) is 11.6. The molecule has 0 fully saturated rings. The largest absolute Gasteiger partial charge is 0.468 e. The molecule has 4 aromatic rings. The molecule has 0 saturated carbocycles. The van der Waals surface area contributed by atoms with Gasteiger partial charge in [0.1, 0.15) is 5.76 Å². The number of nitrogens with zero attached hydrogens (tertiary/aromatic N) is 5. The Kier molecular flexibility index (Phi) is 6.97. The van der Waals surface area contributed by atoms with Gasteiger partial charge >= 0.3 is 0 Å². The van der Waals surface area contributed by atoms with Crippen LogP contribution in [0.3, 0.4) is 0 Å². The lowest BCUT2D eigenvalue weighted by atomic mass is 10.0. The van der Waals surface area contributed by atoms with Gasteiger partial charge < -0.3 is 9.40 Å². The first-order chi connectivity index (χ1) is 16.3. The summed E-state index contributed by atoms with van der Waals surface area (Å²) >= 11 is 0. The number of furan rings is 1. The maximum absolute atomic E-state index is 13.0. The van der Waals surface area contributed by atoms with Crippen molar-refractivity contribution in [2.45, 2.75) is 78.6 Å². The maximum atomic E-state index is 13.0. The van der Waals surface area contributed by atoms with Crippen LogP contribution in [-0.2, 0) is 18.6 Å². The molecule has 8 nitrogen and oxygen atoms in total. The maximum Gasteiger partial charge on any atom is 0.252 e. The third kappa shape index (κ3) is 4.97. The molecule has 0 radical (unpaired) electrons. The lowest BCUT2D eigenvalue weighted by Crippen LogP contribution is -2.36. The van der Waals surface area contributed by atoms with E-state index in [0.29, 0.717) is 18.7 Å². The van der Waals surface area contributed by atoms with Gasteiger partial charge in [0.2, 0.25) is 0 Å². The topological polar surface area (TPSA) is 92.8 Å². The van der Waals surface area contributed by atoms with E-state index in [1.807, 2.05) is 35.0 Å². The van der Waals surface area contributed by atoms with Crippen LogP contribution in [0.15, 0.2) is 51.9 Å². The lowest BCUT2D eigenvalue weighted by molar-refractivity contribution is 0.135. The number of tetrazole rings is 1. The second kappa shape index (κ2) is 9.93. The van der Waals surface area contributed by atoms with Crippen molar-refractivity contribution in [3.63, 3.8) is 0 Å². The summed E-state index contributed by atoms with van der Waals surface area (Å²) in [6.07, 6.45) is 4.38. The Morgan fingerprint density at radius 3 is 2.71 bits per heavy atom. The molecule has 3 aromatic heterocycles. The van der Waals surface area contributed by atoms with Crippen molar-refractivity contribution in [2.75, 3.05) is 0 Å². The molecule has 0 aliphatic carbocycles. The van der Waals surface area contributed by atoms with E-state index in [-0.39, 0.29) is 17.1 Å². The Hall–Kier alpha value is -3.26. The van der Waals surface area contributed by atoms with E-state index in [1.165, 1.54) is 0 Å². The number of nitrogens with one attached hydrogen (secondary N) is 1. The zero-order valence-corrected chi connectivity index (χ0v) is 20.7. The molecule has 0 spiro atoms. The molecule has 1 atom stereocenters. The van der Waals surface area contributed by atoms with Crippen LogP contribution >= 0.6 is 0 Å². The highest BCUT2D eigenvalue weighted by Crippen LogP contribution is 2.31. The van der Waals surface area contributed by atoms with Crippen LogP contribution in [-0.4, -0.2) is 30.1 Å². The smallest absolute Gasteiger partial charge is 0.252 e. The number of hydrogen-bond donors (Lipinski definition) is 1. The fourth-order valence-electron chi connectivity index (χ4n) is 4.32. The first-order valence-corrected chi connectivity index (χ1v) is 12.0. The summed E-state index contributed by atoms with van der Waals surface area (Å²) in [4.78, 5) is 18.3. The molecule has 0 aliphatic heterocycles. The van der Waals surface area contributed by atoms with E-state index in [4.69, 9.17) is 4.42 Å². The minimum absolute atomic E-state index is 0.0791. The minimum atomic E-state index is -0.223. The number of rotatable bonds is 10. The molecule has 8 heteroatoms. The standard InChI is InChI=1S/C26H34N6O2/c1-6-9-23(24-28-29-30-32(24)26(4,5)7-2)31(17-21-10-8-13-34-21)16-20-15-19-14-18(3)11-12-22(19)27-25(20)33/h8,10-15,23H,6-7,9,16-17H2,1-5H3,(H,27,33)/t23-/m1/s1. The molecule has 0 bridgehead atoms. The molecular formula is C26H34N6O2. The fraction of sp³-hybridized carbons (Fsp3) is 0.462. The minimum Gasteiger partial charge on any atom is -0.468 e. The third-order valence-corrected chi connectivity index (χ3v) is 6.62. The predicted octanol–water partition coefficient (Wildman–Crippen LogP) is 5.10. The SMILES string of the molecule is CCC[C@H](c1nnnn1C(C)(C)CC)N(Cc1ccco1)Cc1cc2cc(C)ccc2[nH]c1=O. The van der Waals surface area contributed by atoms with Crippen molar-refractivity contribution >= 4 is 10.9 Å². The Morgan fingerprint density at radius 2 is 2.00 bits per heavy atom. The van der Waals surface area contributed by atoms with E-state index in [2.05, 4.69) is 66.1 Å². The highest BCUT2D eigenvalue weighted by atomic mass is 16.3. The van der Waals surface area contributed by atoms with Gasteiger partial charge in [-0.05, 0) is 79.8 Å². The van der Waals surface area contributed by atoms with Crippen LogP contribution in [0, 0.1) is 6.92 Å². The number of aromatic amines is 1. The van der Waals surface area contributed by atoms with Crippen LogP contribution in [0.1, 0.15) is 75.7 Å². The van der Waals surface area contributed by atoms with E-state index in [1.54, 1.807) is 6.26 Å². The number of hydrogen-bond acceptors (Lipinski definition) is 6. The van der Waals surface area contributed by atoms with Crippen LogP contribution in [0.5, 0.6) is 0 Å². The third-order valence-electron chi connectivity index (χ3n) is 6.62. The first-order valence-electron chi connectivity index (χ1n) is 12.0. The molecule has 34 heavy (non-hydrogen) atoms. The van der Waals surface area contributed by atoms with Crippen molar-refractivity contribution in [1.82, 2.24) is 30.1 Å². The highest BCUT2D eigenvalue weighted by Gasteiger charge is 2.32. The van der Waals surface area contributed by atoms with Crippen molar-refractivity contribution < 1.29 is 4.42 Å². The Bertz CT molecular complexity index is 1290. The number of benzene rings is 1. The predicted molar refractivity (Wildman–Crippen MR) is 132 cm³/mol. The molecule has 4 rings (SSSR count). The molecule has 0 saturated heterocycles. The monoisotopic (exact) mass is 462 g/mol. The van der Waals surface area contributed by atoms with Crippen LogP contribution in [0.2, 0.25) is 0 Å². The zero-order valence-electron chi connectivity index (χ0n) is 20.7. The van der Waals surface area contributed by atoms with Crippen molar-refractivity contribution in [1.29, 1.82) is 0 Å². The summed E-state index contributed by atoms with van der Waals surface area (Å²) in [5.74, 6) is 1.65. The second-order valence-electron chi connectivity index (χ2n) is 9.62. The van der Waals surface area contributed by atoms with Gasteiger partial charge in [0.25, 0.3) is 5.56 Å². The highest BCUT2D eigenvalue weighted by molar-refractivity contribution is 5.79. The van der Waals surface area contributed by atoms with E-state index in [0.717, 1.165) is 47.3 Å². The van der Waals surface area contributed by atoms with Crippen molar-refractivity contribution in [2.24, 2.45) is 0 Å². The fourth-order valence-corrected chi connectivity index (χ4v) is 4.32. The Morgan fingerprint density at radius 1 is 1.18 bits per heavy atom. The van der Waals surface area contributed by atoms with Gasteiger partial charge in [0.05, 0.1) is 24.4 Å². The number of H-pyrrole nitrogens is 1. The first kappa shape index (κ1) is 23.9. The number of aryl methyl sites for hydroxylation is 1. The van der Waals surface area contributed by atoms with Crippen LogP contribution in [0.25, 0.3) is 10.9 Å².